The van der Waals surface area contributed by atoms with Gasteiger partial charge in [-0.15, -0.1) is 0 Å². The minimum Gasteiger partial charge on any atom is -0.348 e. The number of fused-ring (bicyclic) bond motifs is 1. The van der Waals surface area contributed by atoms with E-state index in [2.05, 4.69) is 24.3 Å². The van der Waals surface area contributed by atoms with Crippen molar-refractivity contribution in [2.75, 3.05) is 0 Å². The molecule has 1 N–H and O–H groups in total. The van der Waals surface area contributed by atoms with E-state index in [0.717, 1.165) is 36.2 Å². The summed E-state index contributed by atoms with van der Waals surface area (Å²) in [6.45, 7) is 6.15. The summed E-state index contributed by atoms with van der Waals surface area (Å²) in [6.07, 6.45) is 2.79. The maximum atomic E-state index is 13.1. The fraction of sp³-hybridized carbons (Fsp3) is 0.444. The lowest BCUT2D eigenvalue weighted by atomic mass is 10.1. The minimum atomic E-state index is -0.277. The molecule has 1 atom stereocenters. The van der Waals surface area contributed by atoms with E-state index in [1.54, 1.807) is 16.8 Å². The van der Waals surface area contributed by atoms with Gasteiger partial charge in [0.25, 0.3) is 5.91 Å². The molecule has 4 nitrogen and oxygen atoms in total. The fourth-order valence-corrected chi connectivity index (χ4v) is 2.86. The Labute approximate surface area is 135 Å². The lowest BCUT2D eigenvalue weighted by Gasteiger charge is -2.16. The summed E-state index contributed by atoms with van der Waals surface area (Å²) in [4.78, 5) is 12.6. The highest BCUT2D eigenvalue weighted by Gasteiger charge is 2.27. The molecule has 5 heteroatoms. The number of carbonyl (C=O) groups is 1. The van der Waals surface area contributed by atoms with Crippen molar-refractivity contribution in [2.24, 2.45) is 5.92 Å². The number of benzene rings is 1. The lowest BCUT2D eigenvalue weighted by molar-refractivity contribution is 0.0924. The topological polar surface area (TPSA) is 46.9 Å². The van der Waals surface area contributed by atoms with E-state index in [-0.39, 0.29) is 17.8 Å². The predicted molar refractivity (Wildman–Crippen MR) is 87.3 cm³/mol. The van der Waals surface area contributed by atoms with Gasteiger partial charge in [0, 0.05) is 17.3 Å². The second kappa shape index (κ2) is 6.14. The van der Waals surface area contributed by atoms with E-state index in [0.29, 0.717) is 11.6 Å². The maximum Gasteiger partial charge on any atom is 0.272 e. The maximum absolute atomic E-state index is 13.1. The second-order valence-corrected chi connectivity index (χ2v) is 6.52. The quantitative estimate of drug-likeness (QED) is 0.941. The largest absolute Gasteiger partial charge is 0.348 e. The van der Waals surface area contributed by atoms with Crippen LogP contribution in [0.25, 0.3) is 5.69 Å². The molecule has 1 aromatic heterocycles. The van der Waals surface area contributed by atoms with E-state index in [9.17, 15) is 9.18 Å². The molecule has 0 bridgehead atoms. The Balaban J connectivity index is 1.95. The number of amides is 1. The second-order valence-electron chi connectivity index (χ2n) is 6.52. The third-order valence-corrected chi connectivity index (χ3v) is 4.58. The monoisotopic (exact) mass is 315 g/mol. The summed E-state index contributed by atoms with van der Waals surface area (Å²) in [5.41, 5.74) is 3.40. The van der Waals surface area contributed by atoms with Gasteiger partial charge in [-0.1, -0.05) is 13.8 Å². The molecule has 1 aliphatic carbocycles. The number of rotatable bonds is 4. The van der Waals surface area contributed by atoms with Gasteiger partial charge < -0.3 is 5.32 Å². The molecular weight excluding hydrogens is 293 g/mol. The molecule has 0 spiro atoms. The van der Waals surface area contributed by atoms with Gasteiger partial charge in [-0.3, -0.25) is 4.79 Å². The van der Waals surface area contributed by atoms with Crippen LogP contribution in [0.5, 0.6) is 0 Å². The molecule has 0 radical (unpaired) electrons. The van der Waals surface area contributed by atoms with Crippen LogP contribution in [0.1, 0.15) is 48.9 Å². The first-order chi connectivity index (χ1) is 11.0. The zero-order valence-corrected chi connectivity index (χ0v) is 13.8. The number of nitrogens with one attached hydrogen (secondary N) is 1. The number of carbonyl (C=O) groups excluding carboxylic acids is 1. The van der Waals surface area contributed by atoms with Crippen molar-refractivity contribution >= 4 is 5.91 Å². The van der Waals surface area contributed by atoms with E-state index in [4.69, 9.17) is 0 Å². The van der Waals surface area contributed by atoms with Crippen molar-refractivity contribution in [3.8, 4) is 5.69 Å². The molecule has 3 rings (SSSR count). The fourth-order valence-electron chi connectivity index (χ4n) is 2.86. The van der Waals surface area contributed by atoms with Crippen molar-refractivity contribution < 1.29 is 9.18 Å². The Morgan fingerprint density at radius 2 is 1.91 bits per heavy atom. The molecule has 1 amide bonds. The zero-order chi connectivity index (χ0) is 16.6. The summed E-state index contributed by atoms with van der Waals surface area (Å²) in [5.74, 6) is -0.0299. The van der Waals surface area contributed by atoms with Crippen LogP contribution in [0, 0.1) is 11.7 Å². The number of hydrogen-bond acceptors (Lipinski definition) is 2. The average molecular weight is 315 g/mol. The highest BCUT2D eigenvalue weighted by molar-refractivity contribution is 5.94. The molecule has 0 unspecified atom stereocenters. The molecular formula is C18H22FN3O. The van der Waals surface area contributed by atoms with Gasteiger partial charge in [0.1, 0.15) is 5.82 Å². The third-order valence-electron chi connectivity index (χ3n) is 4.58. The normalized spacial score (nSPS) is 14.8. The first kappa shape index (κ1) is 15.7. The smallest absolute Gasteiger partial charge is 0.272 e. The summed E-state index contributed by atoms with van der Waals surface area (Å²) in [7, 11) is 0. The summed E-state index contributed by atoms with van der Waals surface area (Å²) >= 11 is 0. The molecule has 1 aromatic carbocycles. The van der Waals surface area contributed by atoms with Crippen LogP contribution in [0.4, 0.5) is 4.39 Å². The van der Waals surface area contributed by atoms with E-state index < -0.39 is 0 Å². The Bertz CT molecular complexity index is 719. The molecule has 122 valence electrons. The Hall–Kier alpha value is -2.17. The summed E-state index contributed by atoms with van der Waals surface area (Å²) in [6, 6.07) is 6.31. The molecule has 1 heterocycles. The molecule has 0 saturated carbocycles. The Morgan fingerprint density at radius 3 is 2.57 bits per heavy atom. The molecule has 1 aliphatic rings. The number of nitrogens with zero attached hydrogens (tertiary/aromatic N) is 2. The molecule has 23 heavy (non-hydrogen) atoms. The van der Waals surface area contributed by atoms with Crippen LogP contribution in [0.3, 0.4) is 0 Å². The zero-order valence-electron chi connectivity index (χ0n) is 13.8. The number of halogens is 1. The average Bonchev–Trinajstić information content (AvgIpc) is 3.10. The van der Waals surface area contributed by atoms with E-state index in [1.165, 1.54) is 12.1 Å². The first-order valence-corrected chi connectivity index (χ1v) is 8.15. The predicted octanol–water partition coefficient (Wildman–Crippen LogP) is 3.27. The van der Waals surface area contributed by atoms with Crippen LogP contribution in [-0.2, 0) is 12.8 Å². The Kier molecular flexibility index (Phi) is 4.20. The summed E-state index contributed by atoms with van der Waals surface area (Å²) < 4.78 is 14.9. The van der Waals surface area contributed by atoms with Gasteiger partial charge >= 0.3 is 0 Å². The standard InChI is InChI=1S/C18H22FN3O/c1-11(2)12(3)20-18(23)17-15-5-4-6-16(15)22(21-17)14-9-7-13(19)8-10-14/h7-12H,4-6H2,1-3H3,(H,20,23)/t12-/m1/s1. The van der Waals surface area contributed by atoms with Crippen molar-refractivity contribution in [2.45, 2.75) is 46.1 Å². The molecule has 2 aromatic rings. The van der Waals surface area contributed by atoms with Gasteiger partial charge in [-0.05, 0) is 56.4 Å². The molecule has 0 fully saturated rings. The SMILES string of the molecule is CC(C)[C@@H](C)NC(=O)c1nn(-c2ccc(F)cc2)c2c1CCC2. The first-order valence-electron chi connectivity index (χ1n) is 8.15. The van der Waals surface area contributed by atoms with Crippen LogP contribution in [-0.4, -0.2) is 21.7 Å². The van der Waals surface area contributed by atoms with Gasteiger partial charge in [-0.2, -0.15) is 5.10 Å². The molecule has 0 aliphatic heterocycles. The van der Waals surface area contributed by atoms with Crippen molar-refractivity contribution in [3.63, 3.8) is 0 Å². The number of hydrogen-bond donors (Lipinski definition) is 1. The van der Waals surface area contributed by atoms with Gasteiger partial charge in [0.15, 0.2) is 5.69 Å². The van der Waals surface area contributed by atoms with Gasteiger partial charge in [0.05, 0.1) is 5.69 Å². The highest BCUT2D eigenvalue weighted by atomic mass is 19.1. The van der Waals surface area contributed by atoms with Crippen LogP contribution >= 0.6 is 0 Å². The van der Waals surface area contributed by atoms with Gasteiger partial charge in [0.2, 0.25) is 0 Å². The van der Waals surface area contributed by atoms with Crippen LogP contribution in [0.15, 0.2) is 24.3 Å². The van der Waals surface area contributed by atoms with E-state index in [1.807, 2.05) is 6.92 Å². The third kappa shape index (κ3) is 3.00. The van der Waals surface area contributed by atoms with Crippen molar-refractivity contribution in [1.82, 2.24) is 15.1 Å². The van der Waals surface area contributed by atoms with Crippen LogP contribution < -0.4 is 5.32 Å². The summed E-state index contributed by atoms with van der Waals surface area (Å²) in [5, 5.41) is 7.55. The minimum absolute atomic E-state index is 0.0931. The molecule has 0 saturated heterocycles. The van der Waals surface area contributed by atoms with Crippen molar-refractivity contribution in [3.05, 3.63) is 47.0 Å². The van der Waals surface area contributed by atoms with E-state index >= 15 is 0 Å². The lowest BCUT2D eigenvalue weighted by Crippen LogP contribution is -2.36. The van der Waals surface area contributed by atoms with Gasteiger partial charge in [-0.25, -0.2) is 9.07 Å². The Morgan fingerprint density at radius 1 is 1.22 bits per heavy atom. The van der Waals surface area contributed by atoms with Crippen molar-refractivity contribution in [1.29, 1.82) is 0 Å². The number of aromatic nitrogens is 2. The highest BCUT2D eigenvalue weighted by Crippen LogP contribution is 2.28. The van der Waals surface area contributed by atoms with Crippen LogP contribution in [0.2, 0.25) is 0 Å².